The number of halogens is 1. The van der Waals surface area contributed by atoms with Gasteiger partial charge in [0.15, 0.2) is 5.78 Å². The Labute approximate surface area is 553 Å². The maximum atomic E-state index is 14.7. The summed E-state index contributed by atoms with van der Waals surface area (Å²) in [6.07, 6.45) is 6.94. The number of carbonyl (C=O) groups excluding carboxylic acids is 9. The second-order valence-corrected chi connectivity index (χ2v) is 26.6. The number of unbranched alkanes of at least 4 members (excludes halogenated alkanes) is 3. The summed E-state index contributed by atoms with van der Waals surface area (Å²) < 4.78 is 35.8. The van der Waals surface area contributed by atoms with Crippen LogP contribution in [0.15, 0.2) is 54.1 Å². The quantitative estimate of drug-likeness (QED) is 0.0337. The highest BCUT2D eigenvalue weighted by atomic mass is 35.5. The van der Waals surface area contributed by atoms with E-state index >= 15 is 0 Å². The molecule has 93 heavy (non-hydrogen) atoms. The summed E-state index contributed by atoms with van der Waals surface area (Å²) in [7, 11) is 5.92. The number of urea groups is 1. The lowest BCUT2D eigenvalue weighted by molar-refractivity contribution is -0.187. The number of esters is 2. The molecule has 3 fully saturated rings. The van der Waals surface area contributed by atoms with E-state index in [4.69, 9.17) is 45.8 Å². The first-order chi connectivity index (χ1) is 44.1. The first-order valence-corrected chi connectivity index (χ1v) is 33.4. The van der Waals surface area contributed by atoms with E-state index in [2.05, 4.69) is 10.6 Å². The minimum atomic E-state index is -1.67. The van der Waals surface area contributed by atoms with E-state index in [9.17, 15) is 48.3 Å². The predicted molar refractivity (Wildman–Crippen MR) is 353 cm³/mol. The summed E-state index contributed by atoms with van der Waals surface area (Å²) >= 11 is 6.91. The lowest BCUT2D eigenvalue weighted by Gasteiger charge is -2.41. The van der Waals surface area contributed by atoms with Crippen LogP contribution in [-0.4, -0.2) is 172 Å². The number of fused-ring (bicyclic) bond motifs is 5. The van der Waals surface area contributed by atoms with Crippen LogP contribution in [0.25, 0.3) is 0 Å². The summed E-state index contributed by atoms with van der Waals surface area (Å²) in [6, 6.07) is 5.43. The van der Waals surface area contributed by atoms with Crippen LogP contribution in [0.5, 0.6) is 5.75 Å². The van der Waals surface area contributed by atoms with Crippen LogP contribution < -0.4 is 30.9 Å². The SMILES string of the molecule is CCC(CC)C(=O)CCCCCCC(=O)C[C@H](C(=O)N[C@@H](CCCNC(N)=O)C(=O)Cc1ccc(C(=O)N(C)[C@@H](C)C(=O)O[C@H]2CC(=O)N(C)c3cc(cc(OC)c3Cl)C/C(C)=C/C=C/[C@@H](OC)[C@]3(O)CC(=O)O[C@@H](C3)[C@@H](C)[C@@H]3O[C@@]23C)cc1N1CCOCC1)C(C)C. The Hall–Kier alpha value is -6.72. The van der Waals surface area contributed by atoms with Crippen LogP contribution >= 0.6 is 11.6 Å². The molecule has 22 nitrogen and oxygen atoms in total. The Morgan fingerprint density at radius 1 is 0.935 bits per heavy atom. The number of carbonyl (C=O) groups is 9. The van der Waals surface area contributed by atoms with Gasteiger partial charge in [0.1, 0.15) is 57.9 Å². The van der Waals surface area contributed by atoms with E-state index in [-0.39, 0.29) is 78.4 Å². The fourth-order valence-electron chi connectivity index (χ4n) is 12.9. The van der Waals surface area contributed by atoms with Crippen molar-refractivity contribution in [1.82, 2.24) is 15.5 Å². The highest BCUT2D eigenvalue weighted by Gasteiger charge is 2.64. The number of aliphatic hydroxyl groups is 1. The van der Waals surface area contributed by atoms with E-state index in [1.807, 2.05) is 45.6 Å². The van der Waals surface area contributed by atoms with Crippen molar-refractivity contribution >= 4 is 76.0 Å². The van der Waals surface area contributed by atoms with Gasteiger partial charge in [-0.05, 0) is 107 Å². The van der Waals surface area contributed by atoms with Gasteiger partial charge in [0.2, 0.25) is 11.8 Å². The number of amides is 5. The topological polar surface area (TPSA) is 292 Å². The summed E-state index contributed by atoms with van der Waals surface area (Å²) in [5.41, 5.74) is 5.63. The normalized spacial score (nSPS) is 24.5. The number of rotatable bonds is 29. The minimum absolute atomic E-state index is 0.00498. The molecule has 2 aromatic rings. The van der Waals surface area contributed by atoms with Gasteiger partial charge in [0, 0.05) is 102 Å². The Morgan fingerprint density at radius 2 is 1.62 bits per heavy atom. The molecule has 4 aliphatic heterocycles. The van der Waals surface area contributed by atoms with Gasteiger partial charge in [0.05, 0.1) is 51.0 Å². The molecular weight excluding hydrogens is 1220 g/mol. The lowest BCUT2D eigenvalue weighted by Crippen LogP contribution is -2.53. The molecule has 0 unspecified atom stereocenters. The maximum absolute atomic E-state index is 14.7. The van der Waals surface area contributed by atoms with Crippen molar-refractivity contribution in [2.45, 2.75) is 206 Å². The number of nitrogens with zero attached hydrogens (tertiary/aromatic N) is 3. The molecule has 2 aromatic carbocycles. The zero-order chi connectivity index (χ0) is 68.5. The monoisotopic (exact) mass is 1320 g/mol. The van der Waals surface area contributed by atoms with E-state index in [1.165, 1.54) is 38.0 Å². The highest BCUT2D eigenvalue weighted by molar-refractivity contribution is 6.35. The van der Waals surface area contributed by atoms with E-state index in [1.54, 1.807) is 63.4 Å². The molecule has 0 aromatic heterocycles. The van der Waals surface area contributed by atoms with Gasteiger partial charge in [-0.3, -0.25) is 33.6 Å². The van der Waals surface area contributed by atoms with Crippen LogP contribution in [0.3, 0.4) is 0 Å². The molecule has 0 radical (unpaired) electrons. The third-order valence-corrected chi connectivity index (χ3v) is 19.5. The predicted octanol–water partition coefficient (Wildman–Crippen LogP) is 8.54. The molecule has 0 saturated carbocycles. The number of nitrogens with two attached hydrogens (primary N) is 1. The molecule has 514 valence electrons. The van der Waals surface area contributed by atoms with Gasteiger partial charge in [-0.2, -0.15) is 0 Å². The van der Waals surface area contributed by atoms with Gasteiger partial charge >= 0.3 is 18.0 Å². The van der Waals surface area contributed by atoms with Crippen LogP contribution in [0.4, 0.5) is 16.2 Å². The largest absolute Gasteiger partial charge is 0.495 e. The molecule has 5 N–H and O–H groups in total. The number of nitrogens with one attached hydrogen (secondary N) is 2. The molecule has 4 heterocycles. The number of Topliss-reactive ketones (excluding diaryl/α,β-unsaturated/α-hetero) is 3. The zero-order valence-electron chi connectivity index (χ0n) is 56.6. The molecule has 0 aliphatic carbocycles. The fraction of sp³-hybridized carbons (Fsp3) is 0.643. The molecular formula is C70H101ClN6O16. The number of anilines is 2. The number of hydrogen-bond donors (Lipinski definition) is 4. The Morgan fingerprint density at radius 3 is 2.27 bits per heavy atom. The number of primary amides is 1. The third-order valence-electron chi connectivity index (χ3n) is 19.1. The fourth-order valence-corrected chi connectivity index (χ4v) is 13.2. The summed E-state index contributed by atoms with van der Waals surface area (Å²) in [4.78, 5) is 128. The Bertz CT molecular complexity index is 3050. The van der Waals surface area contributed by atoms with Crippen LogP contribution in [0.1, 0.15) is 167 Å². The molecule has 23 heteroatoms. The molecule has 3 saturated heterocycles. The molecule has 4 bridgehead atoms. The van der Waals surface area contributed by atoms with Crippen molar-refractivity contribution in [3.63, 3.8) is 0 Å². The Kier molecular flexibility index (Phi) is 28.0. The third kappa shape index (κ3) is 20.2. The Balaban J connectivity index is 1.22. The van der Waals surface area contributed by atoms with E-state index in [0.29, 0.717) is 81.1 Å². The summed E-state index contributed by atoms with van der Waals surface area (Å²) in [6.45, 7) is 16.4. The number of ketones is 3. The highest BCUT2D eigenvalue weighted by Crippen LogP contribution is 2.50. The van der Waals surface area contributed by atoms with Crippen LogP contribution in [-0.2, 0) is 70.1 Å². The number of allylic oxidation sites excluding steroid dienone is 3. The minimum Gasteiger partial charge on any atom is -0.495 e. The van der Waals surface area contributed by atoms with E-state index in [0.717, 1.165) is 43.2 Å². The standard InChI is InChI=1S/C70H101ClN6O16/c1-13-47(14-2)55(79)24-18-16-15-17-22-50(78)38-51(42(3)4)65(83)74-52(23-20-28-73-68(72)86)56(80)37-48-26-27-49(36-53(48)77-29-31-90-32-30-77)66(84)75(9)45(7)67(85)92-60-39-61(81)76(10)54-34-46(35-57(88-11)63(54)71)33-43(5)21-19-25-59(89-12)70(87)40-58(91-62(82)41-70)44(6)64-69(60,8)93-64/h19,21,25-27,34-36,42,44-45,47,51-52,58-60,64,87H,13-18,20,22-24,28-33,37-41H2,1-12H3,(H,74,83)(H3,72,73,86)/b25-19+,43-21+/t44-,45+,51+,52+,58+,59-,60+,64+,69+,70-/m1/s1. The molecule has 10 atom stereocenters. The number of likely N-dealkylation sites (N-methyl/N-ethyl adjacent to an activating group) is 1. The van der Waals surface area contributed by atoms with Gasteiger partial charge in [-0.25, -0.2) is 9.59 Å². The number of ether oxygens (including phenoxy) is 6. The van der Waals surface area contributed by atoms with Gasteiger partial charge in [-0.15, -0.1) is 0 Å². The molecule has 0 spiro atoms. The molecule has 4 aliphatic rings. The average molecular weight is 1320 g/mol. The van der Waals surface area contributed by atoms with Crippen LogP contribution in [0.2, 0.25) is 5.02 Å². The molecule has 5 amide bonds. The second-order valence-electron chi connectivity index (χ2n) is 26.2. The number of morpholine rings is 1. The van der Waals surface area contributed by atoms with Crippen molar-refractivity contribution < 1.29 is 76.7 Å². The first-order valence-electron chi connectivity index (χ1n) is 33.0. The van der Waals surface area contributed by atoms with Crippen molar-refractivity contribution in [2.75, 3.05) is 71.0 Å². The van der Waals surface area contributed by atoms with Gasteiger partial charge in [-0.1, -0.05) is 88.9 Å². The number of methoxy groups -OCH3 is 2. The number of epoxide rings is 1. The molecule has 6 rings (SSSR count). The smallest absolute Gasteiger partial charge is 0.328 e. The number of hydrogen-bond acceptors (Lipinski definition) is 17. The van der Waals surface area contributed by atoms with Crippen molar-refractivity contribution in [2.24, 2.45) is 29.4 Å². The lowest BCUT2D eigenvalue weighted by atomic mass is 9.78. The average Bonchev–Trinajstić information content (AvgIpc) is 1.58. The second kappa shape index (κ2) is 34.6. The van der Waals surface area contributed by atoms with Crippen molar-refractivity contribution in [1.29, 1.82) is 0 Å². The van der Waals surface area contributed by atoms with Crippen LogP contribution in [0, 0.1) is 23.7 Å². The van der Waals surface area contributed by atoms with Gasteiger partial charge < -0.3 is 64.6 Å². The van der Waals surface area contributed by atoms with Gasteiger partial charge in [0.25, 0.3) is 5.91 Å². The van der Waals surface area contributed by atoms with Crippen molar-refractivity contribution in [3.05, 3.63) is 75.8 Å². The number of benzene rings is 2. The summed E-state index contributed by atoms with van der Waals surface area (Å²) in [5, 5.41) is 17.8. The maximum Gasteiger partial charge on any atom is 0.328 e. The van der Waals surface area contributed by atoms with E-state index < -0.39 is 102 Å². The first kappa shape index (κ1) is 75.3. The zero-order valence-corrected chi connectivity index (χ0v) is 57.4. The summed E-state index contributed by atoms with van der Waals surface area (Å²) in [5.74, 6) is -4.28. The van der Waals surface area contributed by atoms with Crippen molar-refractivity contribution in [3.8, 4) is 5.75 Å².